The summed E-state index contributed by atoms with van der Waals surface area (Å²) in [6.45, 7) is 3.73. The van der Waals surface area contributed by atoms with Gasteiger partial charge in [-0.05, 0) is 44.1 Å². The molecule has 1 unspecified atom stereocenters. The van der Waals surface area contributed by atoms with Gasteiger partial charge < -0.3 is 11.1 Å². The number of hydrogen-bond acceptors (Lipinski definition) is 2. The van der Waals surface area contributed by atoms with E-state index in [0.29, 0.717) is 11.8 Å². The van der Waals surface area contributed by atoms with Crippen molar-refractivity contribution in [1.29, 1.82) is 0 Å². The van der Waals surface area contributed by atoms with Crippen LogP contribution < -0.4 is 11.1 Å². The topological polar surface area (TPSA) is 55.1 Å². The van der Waals surface area contributed by atoms with Crippen LogP contribution in [0.2, 0.25) is 0 Å². The monoisotopic (exact) mass is 240 g/mol. The second kappa shape index (κ2) is 8.51. The van der Waals surface area contributed by atoms with E-state index in [1.54, 1.807) is 0 Å². The van der Waals surface area contributed by atoms with E-state index in [1.807, 2.05) is 0 Å². The predicted octanol–water partition coefficient (Wildman–Crippen LogP) is 2.45. The molecule has 100 valence electrons. The van der Waals surface area contributed by atoms with Gasteiger partial charge in [0.2, 0.25) is 5.91 Å². The summed E-state index contributed by atoms with van der Waals surface area (Å²) in [5.41, 5.74) is 5.59. The van der Waals surface area contributed by atoms with Gasteiger partial charge >= 0.3 is 0 Å². The number of carbonyl (C=O) groups is 1. The SMILES string of the molecule is CCCC(CCN)CNC(=O)CC1CCCC1. The van der Waals surface area contributed by atoms with Crippen LogP contribution in [0.4, 0.5) is 0 Å². The fourth-order valence-electron chi connectivity index (χ4n) is 2.80. The first-order chi connectivity index (χ1) is 8.26. The number of amides is 1. The van der Waals surface area contributed by atoms with Crippen molar-refractivity contribution in [2.75, 3.05) is 13.1 Å². The zero-order chi connectivity index (χ0) is 12.5. The van der Waals surface area contributed by atoms with Gasteiger partial charge in [0.15, 0.2) is 0 Å². The molecule has 0 aromatic heterocycles. The van der Waals surface area contributed by atoms with Crippen LogP contribution in [0.5, 0.6) is 0 Å². The van der Waals surface area contributed by atoms with E-state index in [2.05, 4.69) is 12.2 Å². The molecule has 1 amide bonds. The molecule has 0 aromatic carbocycles. The summed E-state index contributed by atoms with van der Waals surface area (Å²) in [6.07, 6.45) is 9.21. The first-order valence-electron chi connectivity index (χ1n) is 7.23. The van der Waals surface area contributed by atoms with Crippen molar-refractivity contribution in [3.63, 3.8) is 0 Å². The molecule has 0 heterocycles. The first-order valence-corrected chi connectivity index (χ1v) is 7.23. The third kappa shape index (κ3) is 6.06. The fourth-order valence-corrected chi connectivity index (χ4v) is 2.80. The average Bonchev–Trinajstić information content (AvgIpc) is 2.79. The quantitative estimate of drug-likeness (QED) is 0.684. The molecular weight excluding hydrogens is 212 g/mol. The second-order valence-electron chi connectivity index (χ2n) is 5.39. The van der Waals surface area contributed by atoms with E-state index < -0.39 is 0 Å². The van der Waals surface area contributed by atoms with Crippen molar-refractivity contribution < 1.29 is 4.79 Å². The van der Waals surface area contributed by atoms with Crippen LogP contribution >= 0.6 is 0 Å². The molecule has 17 heavy (non-hydrogen) atoms. The van der Waals surface area contributed by atoms with Crippen LogP contribution in [-0.4, -0.2) is 19.0 Å². The molecule has 3 N–H and O–H groups in total. The van der Waals surface area contributed by atoms with Gasteiger partial charge in [0.25, 0.3) is 0 Å². The van der Waals surface area contributed by atoms with Crippen LogP contribution in [0.3, 0.4) is 0 Å². The van der Waals surface area contributed by atoms with Crippen LogP contribution in [0.25, 0.3) is 0 Å². The molecule has 1 saturated carbocycles. The van der Waals surface area contributed by atoms with Crippen LogP contribution in [0.15, 0.2) is 0 Å². The van der Waals surface area contributed by atoms with Crippen molar-refractivity contribution in [3.8, 4) is 0 Å². The molecule has 0 saturated heterocycles. The summed E-state index contributed by atoms with van der Waals surface area (Å²) in [5, 5.41) is 3.08. The minimum absolute atomic E-state index is 0.245. The third-order valence-corrected chi connectivity index (χ3v) is 3.81. The van der Waals surface area contributed by atoms with Crippen molar-refractivity contribution in [3.05, 3.63) is 0 Å². The summed E-state index contributed by atoms with van der Waals surface area (Å²) in [6, 6.07) is 0. The molecule has 1 fully saturated rings. The Morgan fingerprint density at radius 3 is 2.65 bits per heavy atom. The van der Waals surface area contributed by atoms with Crippen LogP contribution in [0.1, 0.15) is 58.3 Å². The summed E-state index contributed by atoms with van der Waals surface area (Å²) in [4.78, 5) is 11.8. The maximum Gasteiger partial charge on any atom is 0.220 e. The second-order valence-corrected chi connectivity index (χ2v) is 5.39. The Morgan fingerprint density at radius 1 is 1.35 bits per heavy atom. The number of hydrogen-bond donors (Lipinski definition) is 2. The highest BCUT2D eigenvalue weighted by Crippen LogP contribution is 2.27. The zero-order valence-corrected chi connectivity index (χ0v) is 11.2. The van der Waals surface area contributed by atoms with Crippen LogP contribution in [-0.2, 0) is 4.79 Å². The lowest BCUT2D eigenvalue weighted by molar-refractivity contribution is -0.122. The maximum absolute atomic E-state index is 11.8. The molecule has 0 aliphatic heterocycles. The van der Waals surface area contributed by atoms with Crippen molar-refractivity contribution in [2.24, 2.45) is 17.6 Å². The molecule has 1 aliphatic rings. The summed E-state index contributed by atoms with van der Waals surface area (Å²) in [7, 11) is 0. The molecule has 3 nitrogen and oxygen atoms in total. The van der Waals surface area contributed by atoms with Gasteiger partial charge in [0, 0.05) is 13.0 Å². The largest absolute Gasteiger partial charge is 0.356 e. The fraction of sp³-hybridized carbons (Fsp3) is 0.929. The Kier molecular flexibility index (Phi) is 7.25. The molecule has 1 rings (SSSR count). The predicted molar refractivity (Wildman–Crippen MR) is 71.7 cm³/mol. The minimum Gasteiger partial charge on any atom is -0.356 e. The average molecular weight is 240 g/mol. The smallest absolute Gasteiger partial charge is 0.220 e. The molecule has 1 atom stereocenters. The summed E-state index contributed by atoms with van der Waals surface area (Å²) >= 11 is 0. The highest BCUT2D eigenvalue weighted by molar-refractivity contribution is 5.76. The number of rotatable bonds is 8. The summed E-state index contributed by atoms with van der Waals surface area (Å²) < 4.78 is 0. The molecule has 0 spiro atoms. The standard InChI is InChI=1S/C14H28N2O/c1-2-5-13(8-9-15)11-16-14(17)10-12-6-3-4-7-12/h12-13H,2-11,15H2,1H3,(H,16,17). The van der Waals surface area contributed by atoms with E-state index in [-0.39, 0.29) is 5.91 Å². The lowest BCUT2D eigenvalue weighted by Gasteiger charge is -2.16. The van der Waals surface area contributed by atoms with E-state index in [0.717, 1.165) is 25.9 Å². The van der Waals surface area contributed by atoms with Crippen molar-refractivity contribution >= 4 is 5.91 Å². The molecule has 0 aromatic rings. The highest BCUT2D eigenvalue weighted by Gasteiger charge is 2.18. The number of carbonyl (C=O) groups excluding carboxylic acids is 1. The first kappa shape index (κ1) is 14.5. The lowest BCUT2D eigenvalue weighted by atomic mass is 9.99. The summed E-state index contributed by atoms with van der Waals surface area (Å²) in [5.74, 6) is 1.46. The molecular formula is C14H28N2O. The molecule has 0 bridgehead atoms. The van der Waals surface area contributed by atoms with E-state index in [4.69, 9.17) is 5.73 Å². The van der Waals surface area contributed by atoms with Gasteiger partial charge in [0.05, 0.1) is 0 Å². The van der Waals surface area contributed by atoms with E-state index in [1.165, 1.54) is 38.5 Å². The highest BCUT2D eigenvalue weighted by atomic mass is 16.1. The lowest BCUT2D eigenvalue weighted by Crippen LogP contribution is -2.31. The van der Waals surface area contributed by atoms with Crippen molar-refractivity contribution in [1.82, 2.24) is 5.32 Å². The Balaban J connectivity index is 2.15. The van der Waals surface area contributed by atoms with Gasteiger partial charge in [-0.1, -0.05) is 26.2 Å². The normalized spacial score (nSPS) is 18.2. The van der Waals surface area contributed by atoms with Gasteiger partial charge in [-0.25, -0.2) is 0 Å². The van der Waals surface area contributed by atoms with E-state index in [9.17, 15) is 4.79 Å². The zero-order valence-electron chi connectivity index (χ0n) is 11.2. The van der Waals surface area contributed by atoms with Gasteiger partial charge in [-0.15, -0.1) is 0 Å². The Hall–Kier alpha value is -0.570. The maximum atomic E-state index is 11.8. The van der Waals surface area contributed by atoms with E-state index >= 15 is 0 Å². The Morgan fingerprint density at radius 2 is 2.06 bits per heavy atom. The van der Waals surface area contributed by atoms with Crippen LogP contribution in [0, 0.1) is 11.8 Å². The van der Waals surface area contributed by atoms with Gasteiger partial charge in [0.1, 0.15) is 0 Å². The van der Waals surface area contributed by atoms with Crippen molar-refractivity contribution in [2.45, 2.75) is 58.3 Å². The third-order valence-electron chi connectivity index (χ3n) is 3.81. The van der Waals surface area contributed by atoms with Gasteiger partial charge in [-0.2, -0.15) is 0 Å². The molecule has 1 aliphatic carbocycles. The minimum atomic E-state index is 0.245. The Labute approximate surface area is 106 Å². The molecule has 0 radical (unpaired) electrons. The van der Waals surface area contributed by atoms with Gasteiger partial charge in [-0.3, -0.25) is 4.79 Å². The Bertz CT molecular complexity index is 206. The molecule has 3 heteroatoms. The number of nitrogens with one attached hydrogen (secondary N) is 1. The number of nitrogens with two attached hydrogens (primary N) is 1.